The van der Waals surface area contributed by atoms with Crippen molar-refractivity contribution in [3.05, 3.63) is 65.5 Å². The van der Waals surface area contributed by atoms with E-state index in [0.717, 1.165) is 10.6 Å². The zero-order chi connectivity index (χ0) is 16.0. The number of rotatable bonds is 1. The number of benzene rings is 2. The molecule has 6 heteroatoms. The van der Waals surface area contributed by atoms with Gasteiger partial charge in [-0.05, 0) is 47.7 Å². The fourth-order valence-corrected chi connectivity index (χ4v) is 3.51. The van der Waals surface area contributed by atoms with Crippen LogP contribution in [0.5, 0.6) is 0 Å². The number of nitrogens with one attached hydrogen (secondary N) is 1. The lowest BCUT2D eigenvalue weighted by atomic mass is 10.1. The Kier molecular flexibility index (Phi) is 3.12. The summed E-state index contributed by atoms with van der Waals surface area (Å²) in [6, 6.07) is 13.4. The van der Waals surface area contributed by atoms with Gasteiger partial charge < -0.3 is 0 Å². The van der Waals surface area contributed by atoms with E-state index in [4.69, 9.17) is 5.41 Å². The summed E-state index contributed by atoms with van der Waals surface area (Å²) in [7, 11) is 0. The predicted molar refractivity (Wildman–Crippen MR) is 89.3 cm³/mol. The van der Waals surface area contributed by atoms with E-state index in [9.17, 15) is 9.18 Å². The van der Waals surface area contributed by atoms with Crippen molar-refractivity contribution in [1.29, 1.82) is 5.41 Å². The first-order valence-corrected chi connectivity index (χ1v) is 7.71. The second kappa shape index (κ2) is 5.17. The van der Waals surface area contributed by atoms with Crippen LogP contribution >= 0.6 is 11.8 Å². The number of aliphatic imine (C=N–C) groups is 1. The lowest BCUT2D eigenvalue weighted by Gasteiger charge is -2.24. The van der Waals surface area contributed by atoms with Gasteiger partial charge in [-0.25, -0.2) is 4.39 Å². The number of halogens is 1. The number of carbonyl (C=O) groups excluding carboxylic acids is 1. The molecule has 1 amide bonds. The first kappa shape index (κ1) is 13.9. The maximum atomic E-state index is 13.0. The van der Waals surface area contributed by atoms with Gasteiger partial charge >= 0.3 is 0 Å². The number of fused-ring (bicyclic) bond motifs is 3. The second-order valence-electron chi connectivity index (χ2n) is 5.06. The minimum Gasteiger partial charge on any atom is -0.283 e. The smallest absolute Gasteiger partial charge is 0.283 e. The summed E-state index contributed by atoms with van der Waals surface area (Å²) in [5.41, 5.74) is 1.69. The molecule has 2 heterocycles. The van der Waals surface area contributed by atoms with Crippen LogP contribution in [0.2, 0.25) is 0 Å². The van der Waals surface area contributed by atoms with E-state index < -0.39 is 5.91 Å². The maximum Gasteiger partial charge on any atom is 0.283 e. The molecular weight excluding hydrogens is 313 g/mol. The van der Waals surface area contributed by atoms with Gasteiger partial charge in [-0.15, -0.1) is 0 Å². The van der Waals surface area contributed by atoms with Crippen molar-refractivity contribution in [2.75, 3.05) is 4.90 Å². The van der Waals surface area contributed by atoms with Crippen LogP contribution in [0.3, 0.4) is 0 Å². The van der Waals surface area contributed by atoms with Crippen LogP contribution in [0.25, 0.3) is 6.08 Å². The van der Waals surface area contributed by atoms with Gasteiger partial charge in [0.25, 0.3) is 5.91 Å². The van der Waals surface area contributed by atoms with Gasteiger partial charge in [-0.2, -0.15) is 4.99 Å². The highest BCUT2D eigenvalue weighted by atomic mass is 32.2. The Bertz CT molecular complexity index is 902. The number of para-hydroxylation sites is 1. The number of hydrogen-bond acceptors (Lipinski definition) is 3. The molecule has 4 nitrogen and oxygen atoms in total. The van der Waals surface area contributed by atoms with Gasteiger partial charge in [0.1, 0.15) is 11.7 Å². The van der Waals surface area contributed by atoms with Crippen LogP contribution in [0.4, 0.5) is 10.1 Å². The number of hydrogen-bond donors (Lipinski definition) is 1. The monoisotopic (exact) mass is 323 g/mol. The molecule has 2 aliphatic heterocycles. The van der Waals surface area contributed by atoms with Gasteiger partial charge in [0.2, 0.25) is 0 Å². The molecular formula is C17H10FN3OS. The zero-order valence-corrected chi connectivity index (χ0v) is 12.6. The van der Waals surface area contributed by atoms with Gasteiger partial charge in [0.15, 0.2) is 5.17 Å². The molecule has 0 radical (unpaired) electrons. The van der Waals surface area contributed by atoms with Crippen molar-refractivity contribution in [2.45, 2.75) is 4.90 Å². The summed E-state index contributed by atoms with van der Waals surface area (Å²) in [5.74, 6) is -0.713. The normalized spacial score (nSPS) is 18.0. The van der Waals surface area contributed by atoms with Crippen molar-refractivity contribution in [2.24, 2.45) is 4.99 Å². The maximum absolute atomic E-state index is 13.0. The van der Waals surface area contributed by atoms with E-state index in [1.54, 1.807) is 23.1 Å². The van der Waals surface area contributed by atoms with Crippen LogP contribution < -0.4 is 4.90 Å². The molecule has 0 unspecified atom stereocenters. The number of nitrogens with zero attached hydrogens (tertiary/aromatic N) is 2. The summed E-state index contributed by atoms with van der Waals surface area (Å²) < 4.78 is 13.0. The van der Waals surface area contributed by atoms with Gasteiger partial charge in [0, 0.05) is 4.90 Å². The minimum atomic E-state index is -0.453. The Balaban J connectivity index is 1.79. The topological polar surface area (TPSA) is 56.5 Å². The van der Waals surface area contributed by atoms with E-state index in [-0.39, 0.29) is 17.2 Å². The average Bonchev–Trinajstić information content (AvgIpc) is 2.91. The molecule has 2 aliphatic rings. The highest BCUT2D eigenvalue weighted by molar-refractivity contribution is 8.15. The van der Waals surface area contributed by atoms with E-state index in [1.807, 2.05) is 24.3 Å². The molecule has 0 saturated heterocycles. The van der Waals surface area contributed by atoms with E-state index in [0.29, 0.717) is 10.7 Å². The first-order chi connectivity index (χ1) is 11.1. The van der Waals surface area contributed by atoms with E-state index in [1.165, 1.54) is 23.9 Å². The number of anilines is 1. The second-order valence-corrected chi connectivity index (χ2v) is 6.07. The quantitative estimate of drug-likeness (QED) is 0.814. The lowest BCUT2D eigenvalue weighted by molar-refractivity contribution is -0.113. The third-order valence-corrected chi connectivity index (χ3v) is 4.61. The van der Waals surface area contributed by atoms with Crippen LogP contribution in [-0.4, -0.2) is 16.9 Å². The molecule has 0 aliphatic carbocycles. The standard InChI is InChI=1S/C17H10FN3OS/c18-11-7-5-10(6-8-11)9-12-15(19)21-13-3-1-2-4-14(13)23-17(21)20-16(12)22/h1-9,19H/b12-9+,19-15?. The van der Waals surface area contributed by atoms with Crippen molar-refractivity contribution in [1.82, 2.24) is 0 Å². The van der Waals surface area contributed by atoms with Gasteiger partial charge in [-0.1, -0.05) is 24.3 Å². The van der Waals surface area contributed by atoms with Crippen molar-refractivity contribution in [3.63, 3.8) is 0 Å². The van der Waals surface area contributed by atoms with Gasteiger partial charge in [-0.3, -0.25) is 15.1 Å². The Morgan fingerprint density at radius 3 is 2.65 bits per heavy atom. The average molecular weight is 323 g/mol. The highest BCUT2D eigenvalue weighted by Gasteiger charge is 2.37. The predicted octanol–water partition coefficient (Wildman–Crippen LogP) is 3.69. The molecule has 1 N–H and O–H groups in total. The molecule has 23 heavy (non-hydrogen) atoms. The van der Waals surface area contributed by atoms with Crippen molar-refractivity contribution < 1.29 is 9.18 Å². The summed E-state index contributed by atoms with van der Waals surface area (Å²) in [4.78, 5) is 19.0. The molecule has 2 aromatic rings. The zero-order valence-electron chi connectivity index (χ0n) is 11.8. The number of amidine groups is 2. The summed E-state index contributed by atoms with van der Waals surface area (Å²) >= 11 is 1.38. The van der Waals surface area contributed by atoms with Crippen LogP contribution in [0.1, 0.15) is 5.56 Å². The molecule has 0 bridgehead atoms. The molecule has 0 fully saturated rings. The summed E-state index contributed by atoms with van der Waals surface area (Å²) in [6.45, 7) is 0. The Labute approximate surface area is 135 Å². The lowest BCUT2D eigenvalue weighted by Crippen LogP contribution is -2.39. The minimum absolute atomic E-state index is 0.0850. The Morgan fingerprint density at radius 1 is 1.13 bits per heavy atom. The summed E-state index contributed by atoms with van der Waals surface area (Å²) in [6.07, 6.45) is 1.57. The SMILES string of the molecule is N=C1/C(=C\c2ccc(F)cc2)C(=O)N=C2Sc3ccccc3N12. The fraction of sp³-hybridized carbons (Fsp3) is 0. The molecule has 0 spiro atoms. The largest absolute Gasteiger partial charge is 0.283 e. The highest BCUT2D eigenvalue weighted by Crippen LogP contribution is 2.42. The molecule has 2 aromatic carbocycles. The Morgan fingerprint density at radius 2 is 1.87 bits per heavy atom. The third kappa shape index (κ3) is 2.27. The van der Waals surface area contributed by atoms with E-state index in [2.05, 4.69) is 4.99 Å². The fourth-order valence-electron chi connectivity index (χ4n) is 2.49. The number of carbonyl (C=O) groups is 1. The van der Waals surface area contributed by atoms with Gasteiger partial charge in [0.05, 0.1) is 11.3 Å². The van der Waals surface area contributed by atoms with Crippen molar-refractivity contribution >= 4 is 40.4 Å². The molecule has 0 atom stereocenters. The van der Waals surface area contributed by atoms with Crippen molar-refractivity contribution in [3.8, 4) is 0 Å². The Hall–Kier alpha value is -2.73. The molecule has 0 aromatic heterocycles. The summed E-state index contributed by atoms with van der Waals surface area (Å²) in [5, 5.41) is 8.89. The van der Waals surface area contributed by atoms with E-state index >= 15 is 0 Å². The molecule has 112 valence electrons. The number of amides is 1. The molecule has 0 saturated carbocycles. The molecule has 4 rings (SSSR count). The third-order valence-electron chi connectivity index (χ3n) is 3.59. The van der Waals surface area contributed by atoms with Crippen LogP contribution in [-0.2, 0) is 4.79 Å². The first-order valence-electron chi connectivity index (χ1n) is 6.90. The number of thioether (sulfide) groups is 1. The van der Waals surface area contributed by atoms with Crippen LogP contribution in [0, 0.1) is 11.2 Å². The van der Waals surface area contributed by atoms with Crippen LogP contribution in [0.15, 0.2) is 64.0 Å².